The van der Waals surface area contributed by atoms with Crippen molar-refractivity contribution in [2.75, 3.05) is 11.9 Å². The summed E-state index contributed by atoms with van der Waals surface area (Å²) in [7, 11) is -1.70. The first-order chi connectivity index (χ1) is 8.53. The smallest absolute Gasteiger partial charge is 0.259 e. The number of hydrogen-bond acceptors (Lipinski definition) is 3. The van der Waals surface area contributed by atoms with Gasteiger partial charge in [0.1, 0.15) is 0 Å². The lowest BCUT2D eigenvalue weighted by molar-refractivity contribution is 0.422. The van der Waals surface area contributed by atoms with Gasteiger partial charge in [0.15, 0.2) is 5.03 Å². The molecule has 102 valence electrons. The first kappa shape index (κ1) is 14.0. The van der Waals surface area contributed by atoms with Gasteiger partial charge < -0.3 is 4.57 Å². The van der Waals surface area contributed by atoms with E-state index in [2.05, 4.69) is 25.6 Å². The maximum Gasteiger partial charge on any atom is 0.259 e. The van der Waals surface area contributed by atoms with Gasteiger partial charge in [-0.2, -0.15) is 0 Å². The predicted molar refractivity (Wildman–Crippen MR) is 73.0 cm³/mol. The van der Waals surface area contributed by atoms with Gasteiger partial charge in [0, 0.05) is 25.1 Å². The number of sulfonamides is 1. The van der Waals surface area contributed by atoms with Crippen LogP contribution >= 0.6 is 15.9 Å². The first-order valence-electron chi connectivity index (χ1n) is 6.06. The summed E-state index contributed by atoms with van der Waals surface area (Å²) in [6.45, 7) is 0.509. The summed E-state index contributed by atoms with van der Waals surface area (Å²) in [4.78, 5) is 3.88. The summed E-state index contributed by atoms with van der Waals surface area (Å²) in [6.07, 6.45) is 6.47. The summed E-state index contributed by atoms with van der Waals surface area (Å²) in [5.41, 5.74) is 0. The number of nitrogens with zero attached hydrogens (tertiary/aromatic N) is 2. The topological polar surface area (TPSA) is 64.0 Å². The molecule has 1 saturated carbocycles. The monoisotopic (exact) mass is 335 g/mol. The largest absolute Gasteiger partial charge is 0.339 e. The number of alkyl halides is 1. The van der Waals surface area contributed by atoms with Crippen molar-refractivity contribution in [3.8, 4) is 0 Å². The van der Waals surface area contributed by atoms with Crippen molar-refractivity contribution in [2.45, 2.75) is 24.3 Å². The number of rotatable bonds is 5. The SMILES string of the molecule is Cn1cnc(S(=O)(=O)NCC2CCCC2CBr)c1. The molecule has 2 unspecified atom stereocenters. The molecule has 0 radical (unpaired) electrons. The zero-order valence-electron chi connectivity index (χ0n) is 10.3. The van der Waals surface area contributed by atoms with Crippen molar-refractivity contribution < 1.29 is 8.42 Å². The van der Waals surface area contributed by atoms with Crippen molar-refractivity contribution in [2.24, 2.45) is 18.9 Å². The van der Waals surface area contributed by atoms with Gasteiger partial charge in [-0.25, -0.2) is 18.1 Å². The average molecular weight is 336 g/mol. The van der Waals surface area contributed by atoms with Crippen LogP contribution in [-0.2, 0) is 17.1 Å². The summed E-state index contributed by atoms with van der Waals surface area (Å²) < 4.78 is 28.3. The fourth-order valence-corrected chi connectivity index (χ4v) is 4.33. The molecule has 2 atom stereocenters. The molecule has 1 aliphatic carbocycles. The molecule has 0 aromatic carbocycles. The Hall–Kier alpha value is -0.400. The summed E-state index contributed by atoms with van der Waals surface area (Å²) >= 11 is 3.49. The lowest BCUT2D eigenvalue weighted by Crippen LogP contribution is -2.31. The van der Waals surface area contributed by atoms with E-state index in [4.69, 9.17) is 0 Å². The second kappa shape index (κ2) is 5.71. The molecule has 0 bridgehead atoms. The molecule has 2 rings (SSSR count). The average Bonchev–Trinajstić information content (AvgIpc) is 2.94. The molecule has 7 heteroatoms. The van der Waals surface area contributed by atoms with Gasteiger partial charge in [0.05, 0.1) is 6.33 Å². The van der Waals surface area contributed by atoms with E-state index in [0.717, 1.165) is 11.8 Å². The maximum absolute atomic E-state index is 12.0. The van der Waals surface area contributed by atoms with E-state index in [-0.39, 0.29) is 5.03 Å². The molecule has 0 spiro atoms. The highest BCUT2D eigenvalue weighted by Gasteiger charge is 2.28. The molecule has 1 aromatic heterocycles. The van der Waals surface area contributed by atoms with Crippen LogP contribution in [0.25, 0.3) is 0 Å². The Morgan fingerprint density at radius 2 is 2.22 bits per heavy atom. The van der Waals surface area contributed by atoms with Gasteiger partial charge in [-0.3, -0.25) is 0 Å². The van der Waals surface area contributed by atoms with Crippen molar-refractivity contribution >= 4 is 26.0 Å². The predicted octanol–water partition coefficient (Wildman–Crippen LogP) is 1.51. The van der Waals surface area contributed by atoms with Gasteiger partial charge in [0.2, 0.25) is 0 Å². The molecule has 1 aromatic rings. The standard InChI is InChI=1S/C11H18BrN3O2S/c1-15-7-11(13-8-15)18(16,17)14-6-10-4-2-3-9(10)5-12/h7-10,14H,2-6H2,1H3. The second-order valence-corrected chi connectivity index (χ2v) is 7.20. The highest BCUT2D eigenvalue weighted by molar-refractivity contribution is 9.09. The van der Waals surface area contributed by atoms with Gasteiger partial charge in [0.25, 0.3) is 10.0 Å². The van der Waals surface area contributed by atoms with E-state index in [1.165, 1.54) is 25.4 Å². The van der Waals surface area contributed by atoms with Crippen LogP contribution in [0, 0.1) is 11.8 Å². The van der Waals surface area contributed by atoms with Crippen LogP contribution in [0.2, 0.25) is 0 Å². The summed E-state index contributed by atoms with van der Waals surface area (Å²) in [5, 5.41) is 1.04. The molecule has 1 fully saturated rings. The third-order valence-corrected chi connectivity index (χ3v) is 5.65. The minimum absolute atomic E-state index is 0.0957. The third kappa shape index (κ3) is 3.13. The third-order valence-electron chi connectivity index (χ3n) is 3.51. The minimum atomic E-state index is -3.46. The Labute approximate surface area is 116 Å². The molecular weight excluding hydrogens is 318 g/mol. The Morgan fingerprint density at radius 3 is 2.83 bits per heavy atom. The number of hydrogen-bond donors (Lipinski definition) is 1. The number of imidazole rings is 1. The molecule has 0 aliphatic heterocycles. The molecule has 1 heterocycles. The Bertz CT molecular complexity index is 500. The van der Waals surface area contributed by atoms with E-state index >= 15 is 0 Å². The molecule has 1 aliphatic rings. The van der Waals surface area contributed by atoms with Gasteiger partial charge >= 0.3 is 0 Å². The van der Waals surface area contributed by atoms with Gasteiger partial charge in [-0.15, -0.1) is 0 Å². The molecule has 0 amide bonds. The lowest BCUT2D eigenvalue weighted by atomic mass is 9.99. The lowest BCUT2D eigenvalue weighted by Gasteiger charge is -2.17. The minimum Gasteiger partial charge on any atom is -0.339 e. The van der Waals surface area contributed by atoms with Crippen LogP contribution in [0.3, 0.4) is 0 Å². The summed E-state index contributed by atoms with van der Waals surface area (Å²) in [5.74, 6) is 1.01. The zero-order chi connectivity index (χ0) is 13.2. The number of aromatic nitrogens is 2. The van der Waals surface area contributed by atoms with Crippen LogP contribution in [0.15, 0.2) is 17.6 Å². The molecule has 0 saturated heterocycles. The van der Waals surface area contributed by atoms with Crippen LogP contribution in [-0.4, -0.2) is 29.8 Å². The van der Waals surface area contributed by atoms with E-state index in [1.807, 2.05) is 0 Å². The quantitative estimate of drug-likeness (QED) is 0.829. The van der Waals surface area contributed by atoms with Gasteiger partial charge in [-0.1, -0.05) is 22.4 Å². The Morgan fingerprint density at radius 1 is 1.50 bits per heavy atom. The molecule has 5 nitrogen and oxygen atoms in total. The van der Waals surface area contributed by atoms with Crippen LogP contribution in [0.5, 0.6) is 0 Å². The fourth-order valence-electron chi connectivity index (χ4n) is 2.40. The Balaban J connectivity index is 1.97. The molecule has 1 N–H and O–H groups in total. The first-order valence-corrected chi connectivity index (χ1v) is 8.67. The summed E-state index contributed by atoms with van der Waals surface area (Å²) in [6, 6.07) is 0. The maximum atomic E-state index is 12.0. The number of aryl methyl sites for hydroxylation is 1. The van der Waals surface area contributed by atoms with Crippen LogP contribution in [0.4, 0.5) is 0 Å². The van der Waals surface area contributed by atoms with Crippen LogP contribution in [0.1, 0.15) is 19.3 Å². The second-order valence-electron chi connectivity index (χ2n) is 4.83. The van der Waals surface area contributed by atoms with E-state index in [1.54, 1.807) is 11.6 Å². The van der Waals surface area contributed by atoms with E-state index in [0.29, 0.717) is 18.4 Å². The van der Waals surface area contributed by atoms with Crippen molar-refractivity contribution in [1.29, 1.82) is 0 Å². The highest BCUT2D eigenvalue weighted by atomic mass is 79.9. The van der Waals surface area contributed by atoms with E-state index < -0.39 is 10.0 Å². The highest BCUT2D eigenvalue weighted by Crippen LogP contribution is 2.32. The van der Waals surface area contributed by atoms with Crippen LogP contribution < -0.4 is 4.72 Å². The normalized spacial score (nSPS) is 24.6. The Kier molecular flexibility index (Phi) is 4.45. The molecule has 18 heavy (non-hydrogen) atoms. The van der Waals surface area contributed by atoms with E-state index in [9.17, 15) is 8.42 Å². The van der Waals surface area contributed by atoms with Crippen molar-refractivity contribution in [1.82, 2.24) is 14.3 Å². The van der Waals surface area contributed by atoms with Crippen molar-refractivity contribution in [3.05, 3.63) is 12.5 Å². The fraction of sp³-hybridized carbons (Fsp3) is 0.727. The van der Waals surface area contributed by atoms with Crippen molar-refractivity contribution in [3.63, 3.8) is 0 Å². The van der Waals surface area contributed by atoms with Gasteiger partial charge in [-0.05, 0) is 24.7 Å². The zero-order valence-corrected chi connectivity index (χ0v) is 12.7. The molecular formula is C11H18BrN3O2S. The number of halogens is 1. The number of nitrogens with one attached hydrogen (secondary N) is 1.